The molecule has 0 saturated carbocycles. The summed E-state index contributed by atoms with van der Waals surface area (Å²) in [4.78, 5) is 58.8. The number of carbonyl (C=O) groups is 2. The average Bonchev–Trinajstić information content (AvgIpc) is 0.782. The van der Waals surface area contributed by atoms with Crippen LogP contribution in [0, 0.1) is 0 Å². The maximum Gasteiger partial charge on any atom is 0.343 e. The summed E-state index contributed by atoms with van der Waals surface area (Å²) in [5, 5.41) is 15.9. The molecule has 0 aliphatic rings. The Balaban J connectivity index is 0.000000678. The van der Waals surface area contributed by atoms with E-state index < -0.39 is 53.3 Å². The molecule has 6 aromatic rings. The molecule has 6 N–H and O–H groups in total. The first-order chi connectivity index (χ1) is 52.7. The van der Waals surface area contributed by atoms with Gasteiger partial charge in [0, 0.05) is 12.0 Å². The number of carbonyl (C=O) groups excluding carboxylic acids is 2. The van der Waals surface area contributed by atoms with Crippen LogP contribution in [0.5, 0.6) is 34.5 Å². The fourth-order valence-electron chi connectivity index (χ4n) is 10.5. The molecule has 2 atom stereocenters. The molecule has 0 aliphatic heterocycles. The van der Waals surface area contributed by atoms with Crippen molar-refractivity contribution in [1.29, 1.82) is 0 Å². The molecule has 6 aromatic carbocycles. The van der Waals surface area contributed by atoms with E-state index in [1.54, 1.807) is 75.4 Å². The van der Waals surface area contributed by atoms with Crippen molar-refractivity contribution in [3.8, 4) is 34.5 Å². The number of ether oxygens (including phenoxy) is 7. The molecule has 0 heterocycles. The molecule has 110 heavy (non-hydrogen) atoms. The van der Waals surface area contributed by atoms with Crippen LogP contribution in [-0.2, 0) is 66.1 Å². The van der Waals surface area contributed by atoms with Gasteiger partial charge < -0.3 is 76.5 Å². The van der Waals surface area contributed by atoms with Crippen LogP contribution in [0.15, 0.2) is 146 Å². The molecule has 0 radical (unpaired) electrons. The number of phenols is 1. The second-order valence-corrected chi connectivity index (χ2v) is 35.6. The Bertz CT molecular complexity index is 3500. The Hall–Kier alpha value is -5.86. The Morgan fingerprint density at radius 1 is 0.382 bits per heavy atom. The highest BCUT2D eigenvalue weighted by atomic mass is 79.9. The number of hydrogen-bond acceptors (Lipinski definition) is 18. The fraction of sp³-hybridized carbons (Fsp3) is 0.542. The van der Waals surface area contributed by atoms with E-state index in [-0.39, 0.29) is 44.6 Å². The number of aliphatic hydroxyl groups excluding tert-OH is 1. The lowest BCUT2D eigenvalue weighted by Gasteiger charge is -2.30. The summed E-state index contributed by atoms with van der Waals surface area (Å²) in [6.07, 6.45) is 23.2. The summed E-state index contributed by atoms with van der Waals surface area (Å²) in [5.41, 5.74) is 4.32. The zero-order valence-corrected chi connectivity index (χ0v) is 72.2. The number of methoxy groups -OCH3 is 2. The minimum Gasteiger partial charge on any atom is -0.508 e. The van der Waals surface area contributed by atoms with Crippen molar-refractivity contribution in [2.45, 2.75) is 219 Å². The molecule has 22 nitrogen and oxygen atoms in total. The van der Waals surface area contributed by atoms with Gasteiger partial charge in [-0.1, -0.05) is 208 Å². The van der Waals surface area contributed by atoms with E-state index in [1.165, 1.54) is 109 Å². The molecule has 2 unspecified atom stereocenters. The number of halogens is 1. The van der Waals surface area contributed by atoms with Crippen molar-refractivity contribution < 1.29 is 104 Å². The molecule has 27 heteroatoms. The first-order valence-electron chi connectivity index (χ1n) is 38.6. The summed E-state index contributed by atoms with van der Waals surface area (Å²) >= 11 is 3.44. The third-order valence-corrected chi connectivity index (χ3v) is 27.0. The van der Waals surface area contributed by atoms with E-state index in [0.29, 0.717) is 42.3 Å². The Morgan fingerprint density at radius 2 is 0.682 bits per heavy atom. The first kappa shape index (κ1) is 102. The van der Waals surface area contributed by atoms with Crippen LogP contribution in [0.25, 0.3) is 0 Å². The van der Waals surface area contributed by atoms with Crippen molar-refractivity contribution in [1.82, 2.24) is 0 Å². The van der Waals surface area contributed by atoms with Crippen LogP contribution in [0.2, 0.25) is 0 Å². The molecule has 0 spiro atoms. The molecule has 0 saturated heterocycles. The number of esters is 2. The molecular weight excluding hydrogens is 1550 g/mol. The molecule has 620 valence electrons. The van der Waals surface area contributed by atoms with Crippen molar-refractivity contribution >= 4 is 58.0 Å². The van der Waals surface area contributed by atoms with Crippen LogP contribution in [0.4, 0.5) is 0 Å². The van der Waals surface area contributed by atoms with Gasteiger partial charge in [-0.2, -0.15) is 0 Å². The predicted octanol–water partition coefficient (Wildman–Crippen LogP) is 21.9. The van der Waals surface area contributed by atoms with Crippen molar-refractivity contribution in [3.05, 3.63) is 179 Å². The normalized spacial score (nSPS) is 11.9. The predicted molar refractivity (Wildman–Crippen MR) is 445 cm³/mol. The van der Waals surface area contributed by atoms with Crippen molar-refractivity contribution in [3.63, 3.8) is 0 Å². The fourth-order valence-corrected chi connectivity index (χ4v) is 18.7. The maximum atomic E-state index is 13.5. The number of rotatable bonds is 48. The zero-order chi connectivity index (χ0) is 81.9. The quantitative estimate of drug-likeness (QED) is 0.00894. The molecule has 0 aliphatic carbocycles. The Labute approximate surface area is 665 Å². The largest absolute Gasteiger partial charge is 0.508 e. The standard InChI is InChI=1S/C21H38O6P2.C14H24O7P2.C14H20O3.C13H19BrO.C13H20O2.C8H8O3/c1-6-10-11-12-16-24-20-15-13-14-19(17-20)18-21(28(5,22)25-7-2)29(23,26-8-3)27-9-4;1-2-3-4-5-9-21-13-8-6-7-12(10-13)11-14(22(15,16)17)23(18,19)20;1-3-4-5-6-10-17-13-9-7-8-12(11-13)14(15)16-2;2*1-2-3-4-5-9-15-13-8-6-7-12(10-13)11-14;1-11-8(10)6-3-2-4-7(9)5-6/h13-15,17,21H,6-12,16,18H2,1-5H3;6-8,10,14H,2-5,9,11H2,1H3,(H2,15,16,17)(H2,18,19,20);7-9,11H,3-6,10H2,1-2H3;6-8,10H,2-5,9,11H2,1H3;6-8,10,14H,2-5,9,11H2,1H3;2-5,9H,1H3. The number of aromatic hydroxyl groups is 1. The molecule has 0 fully saturated rings. The molecule has 0 aromatic heterocycles. The summed E-state index contributed by atoms with van der Waals surface area (Å²) < 4.78 is 103. The second-order valence-electron chi connectivity index (χ2n) is 25.7. The van der Waals surface area contributed by atoms with Gasteiger partial charge in [0.25, 0.3) is 0 Å². The number of benzene rings is 6. The summed E-state index contributed by atoms with van der Waals surface area (Å²) in [5.74, 6) is 3.14. The SMILES string of the molecule is CCCCCCOc1cccc(C(=O)OC)c1.CCCCCCOc1cccc(CBr)c1.CCCCCCOc1cccc(CC(P(=O)(O)O)P(=O)(O)O)c1.CCCCCCOc1cccc(CC(P(C)(=O)OCC)P(=O)(OCC)OCC)c1.CCCCCCOc1cccc(CO)c1.COC(=O)c1cccc(O)c1. The number of unbranched alkanes of at least 4 members (excludes halogenated alkanes) is 15. The van der Waals surface area contributed by atoms with Crippen LogP contribution >= 0.6 is 46.1 Å². The van der Waals surface area contributed by atoms with Gasteiger partial charge in [-0.3, -0.25) is 18.3 Å². The lowest BCUT2D eigenvalue weighted by atomic mass is 10.1. The minimum absolute atomic E-state index is 0.0629. The van der Waals surface area contributed by atoms with Gasteiger partial charge >= 0.3 is 34.7 Å². The Morgan fingerprint density at radius 3 is 1.00 bits per heavy atom. The Kier molecular flexibility index (Phi) is 57.2. The summed E-state index contributed by atoms with van der Waals surface area (Å²) in [6, 6.07) is 43.0. The highest BCUT2D eigenvalue weighted by Crippen LogP contribution is 2.69. The van der Waals surface area contributed by atoms with Gasteiger partial charge in [-0.15, -0.1) is 0 Å². The van der Waals surface area contributed by atoms with Crippen LogP contribution in [0.1, 0.15) is 227 Å². The van der Waals surface area contributed by atoms with Gasteiger partial charge in [-0.25, -0.2) is 9.59 Å². The summed E-state index contributed by atoms with van der Waals surface area (Å²) in [6.45, 7) is 21.9. The van der Waals surface area contributed by atoms with Crippen LogP contribution in [-0.4, -0.2) is 126 Å². The van der Waals surface area contributed by atoms with Crippen LogP contribution < -0.4 is 23.7 Å². The monoisotopic (exact) mass is 1680 g/mol. The van der Waals surface area contributed by atoms with Gasteiger partial charge in [0.2, 0.25) is 7.37 Å². The highest BCUT2D eigenvalue weighted by Gasteiger charge is 2.47. The number of alkyl halides is 1. The zero-order valence-electron chi connectivity index (χ0n) is 67.0. The lowest BCUT2D eigenvalue weighted by Crippen LogP contribution is -2.18. The summed E-state index contributed by atoms with van der Waals surface area (Å²) in [7, 11) is -14.0. The van der Waals surface area contributed by atoms with E-state index in [1.807, 2.05) is 66.7 Å². The van der Waals surface area contributed by atoms with Gasteiger partial charge in [0.15, 0.2) is 5.40 Å². The van der Waals surface area contributed by atoms with Crippen molar-refractivity contribution in [2.24, 2.45) is 0 Å². The third kappa shape index (κ3) is 47.0. The maximum absolute atomic E-state index is 13.5. The molecule has 6 rings (SSSR count). The topological polar surface area (TPSA) is 316 Å². The third-order valence-electron chi connectivity index (χ3n) is 16.3. The molecule has 0 amide bonds. The average molecular weight is 1680 g/mol. The number of phenolic OH excluding ortho intramolecular Hbond substituents is 1. The number of hydrogen-bond donors (Lipinski definition) is 6. The highest BCUT2D eigenvalue weighted by molar-refractivity contribution is 9.08. The van der Waals surface area contributed by atoms with E-state index in [9.17, 15) is 27.8 Å². The van der Waals surface area contributed by atoms with Gasteiger partial charge in [-0.05, 0) is 173 Å². The second kappa shape index (κ2) is 61.6. The van der Waals surface area contributed by atoms with Crippen LogP contribution in [0.3, 0.4) is 0 Å². The van der Waals surface area contributed by atoms with E-state index in [2.05, 4.69) is 72.2 Å². The molecule has 0 bridgehead atoms. The lowest BCUT2D eigenvalue weighted by molar-refractivity contribution is 0.0591. The van der Waals surface area contributed by atoms with E-state index in [4.69, 9.17) is 67.0 Å². The van der Waals surface area contributed by atoms with E-state index in [0.717, 1.165) is 110 Å². The molecular formula is C83H129BrO22P4. The van der Waals surface area contributed by atoms with E-state index >= 15 is 0 Å². The van der Waals surface area contributed by atoms with Gasteiger partial charge in [0.1, 0.15) is 39.9 Å². The van der Waals surface area contributed by atoms with Gasteiger partial charge in [0.05, 0.1) is 84.8 Å². The smallest absolute Gasteiger partial charge is 0.343 e. The number of aliphatic hydroxyl groups is 1. The van der Waals surface area contributed by atoms with Crippen molar-refractivity contribution in [2.75, 3.05) is 73.7 Å². The minimum atomic E-state index is -4.92. The first-order valence-corrected chi connectivity index (χ1v) is 46.9.